The summed E-state index contributed by atoms with van der Waals surface area (Å²) >= 11 is 0. The fraction of sp³-hybridized carbons (Fsp3) is 0.188. The van der Waals surface area contributed by atoms with Crippen LogP contribution in [-0.2, 0) is 0 Å². The molecule has 3 rings (SSSR count). The molecule has 4 heteroatoms. The van der Waals surface area contributed by atoms with Crippen molar-refractivity contribution in [1.29, 1.82) is 0 Å². The van der Waals surface area contributed by atoms with Crippen LogP contribution >= 0.6 is 0 Å². The van der Waals surface area contributed by atoms with Crippen molar-refractivity contribution in [1.82, 2.24) is 9.38 Å². The summed E-state index contributed by atoms with van der Waals surface area (Å²) in [4.78, 5) is 4.66. The Morgan fingerprint density at radius 2 is 1.90 bits per heavy atom. The molecule has 20 heavy (non-hydrogen) atoms. The Hall–Kier alpha value is -2.49. The van der Waals surface area contributed by atoms with E-state index in [4.69, 9.17) is 9.47 Å². The van der Waals surface area contributed by atoms with Crippen molar-refractivity contribution in [2.24, 2.45) is 0 Å². The van der Waals surface area contributed by atoms with Gasteiger partial charge in [-0.25, -0.2) is 4.98 Å². The second kappa shape index (κ2) is 4.89. The molecule has 0 aliphatic heterocycles. The number of imidazole rings is 1. The SMILES string of the molecule is COc1ccc(OC)c(-c2cn3c(C)cccc3n2)c1. The minimum atomic E-state index is 0.784. The number of ether oxygens (including phenoxy) is 2. The first-order chi connectivity index (χ1) is 9.72. The quantitative estimate of drug-likeness (QED) is 0.731. The zero-order valence-corrected chi connectivity index (χ0v) is 11.8. The maximum Gasteiger partial charge on any atom is 0.137 e. The van der Waals surface area contributed by atoms with Gasteiger partial charge in [0, 0.05) is 17.5 Å². The van der Waals surface area contributed by atoms with E-state index in [-0.39, 0.29) is 0 Å². The maximum atomic E-state index is 5.42. The van der Waals surface area contributed by atoms with Crippen LogP contribution in [0, 0.1) is 6.92 Å². The molecule has 3 aromatic rings. The van der Waals surface area contributed by atoms with Crippen molar-refractivity contribution in [2.75, 3.05) is 14.2 Å². The van der Waals surface area contributed by atoms with Crippen LogP contribution in [0.2, 0.25) is 0 Å². The molecule has 0 N–H and O–H groups in total. The van der Waals surface area contributed by atoms with Gasteiger partial charge in [0.05, 0.1) is 19.9 Å². The highest BCUT2D eigenvalue weighted by Crippen LogP contribution is 2.33. The average Bonchev–Trinajstić information content (AvgIpc) is 2.92. The van der Waals surface area contributed by atoms with Crippen LogP contribution in [0.1, 0.15) is 5.69 Å². The molecular formula is C16H16N2O2. The molecule has 0 aliphatic carbocycles. The van der Waals surface area contributed by atoms with Crippen molar-refractivity contribution in [3.8, 4) is 22.8 Å². The van der Waals surface area contributed by atoms with Crippen LogP contribution in [-0.4, -0.2) is 23.6 Å². The lowest BCUT2D eigenvalue weighted by Gasteiger charge is -2.08. The lowest BCUT2D eigenvalue weighted by Crippen LogP contribution is -1.90. The molecule has 2 heterocycles. The van der Waals surface area contributed by atoms with E-state index in [1.165, 1.54) is 0 Å². The monoisotopic (exact) mass is 268 g/mol. The zero-order chi connectivity index (χ0) is 14.1. The van der Waals surface area contributed by atoms with Crippen LogP contribution in [0.3, 0.4) is 0 Å². The summed E-state index contributed by atoms with van der Waals surface area (Å²) in [6, 6.07) is 11.8. The van der Waals surface area contributed by atoms with Crippen LogP contribution in [0.4, 0.5) is 0 Å². The van der Waals surface area contributed by atoms with Gasteiger partial charge in [0.1, 0.15) is 17.1 Å². The summed E-state index contributed by atoms with van der Waals surface area (Å²) in [6.45, 7) is 2.06. The first-order valence-electron chi connectivity index (χ1n) is 6.40. The highest BCUT2D eigenvalue weighted by atomic mass is 16.5. The zero-order valence-electron chi connectivity index (χ0n) is 11.8. The van der Waals surface area contributed by atoms with Crippen molar-refractivity contribution >= 4 is 5.65 Å². The highest BCUT2D eigenvalue weighted by molar-refractivity contribution is 5.71. The van der Waals surface area contributed by atoms with E-state index in [1.807, 2.05) is 36.5 Å². The Labute approximate surface area is 117 Å². The van der Waals surface area contributed by atoms with Gasteiger partial charge in [-0.15, -0.1) is 0 Å². The third-order valence-electron chi connectivity index (χ3n) is 3.38. The predicted octanol–water partition coefficient (Wildman–Crippen LogP) is 3.33. The molecule has 0 spiro atoms. The third kappa shape index (κ3) is 1.99. The normalized spacial score (nSPS) is 10.8. The number of pyridine rings is 1. The van der Waals surface area contributed by atoms with Gasteiger partial charge in [-0.05, 0) is 37.3 Å². The topological polar surface area (TPSA) is 35.8 Å². The van der Waals surface area contributed by atoms with Crippen molar-refractivity contribution < 1.29 is 9.47 Å². The Bertz CT molecular complexity index is 762. The molecule has 0 aliphatic rings. The Kier molecular flexibility index (Phi) is 3.06. The standard InChI is InChI=1S/C16H16N2O2/c1-11-5-4-6-16-17-14(10-18(11)16)13-9-12(19-2)7-8-15(13)20-3/h4-10H,1-3H3. The molecule has 0 unspecified atom stereocenters. The van der Waals surface area contributed by atoms with E-state index >= 15 is 0 Å². The van der Waals surface area contributed by atoms with E-state index in [2.05, 4.69) is 22.4 Å². The van der Waals surface area contributed by atoms with E-state index < -0.39 is 0 Å². The minimum Gasteiger partial charge on any atom is -0.497 e. The fourth-order valence-corrected chi connectivity index (χ4v) is 2.29. The third-order valence-corrected chi connectivity index (χ3v) is 3.38. The van der Waals surface area contributed by atoms with Gasteiger partial charge in [-0.1, -0.05) is 6.07 Å². The van der Waals surface area contributed by atoms with Gasteiger partial charge in [-0.2, -0.15) is 0 Å². The molecule has 0 bridgehead atoms. The summed E-state index contributed by atoms with van der Waals surface area (Å²) in [5.74, 6) is 1.57. The molecular weight excluding hydrogens is 252 g/mol. The predicted molar refractivity (Wildman–Crippen MR) is 78.5 cm³/mol. The van der Waals surface area contributed by atoms with Crippen molar-refractivity contribution in [2.45, 2.75) is 6.92 Å². The molecule has 102 valence electrons. The van der Waals surface area contributed by atoms with Crippen LogP contribution < -0.4 is 9.47 Å². The molecule has 0 fully saturated rings. The Morgan fingerprint density at radius 1 is 1.05 bits per heavy atom. The lowest BCUT2D eigenvalue weighted by molar-refractivity contribution is 0.404. The number of hydrogen-bond donors (Lipinski definition) is 0. The summed E-state index contributed by atoms with van der Waals surface area (Å²) in [5, 5.41) is 0. The number of aryl methyl sites for hydroxylation is 1. The van der Waals surface area contributed by atoms with Crippen LogP contribution in [0.15, 0.2) is 42.6 Å². The van der Waals surface area contributed by atoms with Crippen LogP contribution in [0.5, 0.6) is 11.5 Å². The number of rotatable bonds is 3. The van der Waals surface area contributed by atoms with E-state index in [0.717, 1.165) is 34.1 Å². The molecule has 4 nitrogen and oxygen atoms in total. The molecule has 0 atom stereocenters. The van der Waals surface area contributed by atoms with Crippen molar-refractivity contribution in [3.05, 3.63) is 48.3 Å². The molecule has 2 aromatic heterocycles. The first kappa shape index (κ1) is 12.5. The Morgan fingerprint density at radius 3 is 2.60 bits per heavy atom. The van der Waals surface area contributed by atoms with Gasteiger partial charge in [0.2, 0.25) is 0 Å². The molecule has 1 aromatic carbocycles. The second-order valence-corrected chi connectivity index (χ2v) is 4.59. The number of fused-ring (bicyclic) bond motifs is 1. The number of benzene rings is 1. The van der Waals surface area contributed by atoms with Gasteiger partial charge >= 0.3 is 0 Å². The first-order valence-corrected chi connectivity index (χ1v) is 6.40. The van der Waals surface area contributed by atoms with Crippen molar-refractivity contribution in [3.63, 3.8) is 0 Å². The smallest absolute Gasteiger partial charge is 0.137 e. The van der Waals surface area contributed by atoms with Gasteiger partial charge < -0.3 is 13.9 Å². The number of nitrogens with zero attached hydrogens (tertiary/aromatic N) is 2. The largest absolute Gasteiger partial charge is 0.497 e. The summed E-state index contributed by atoms with van der Waals surface area (Å²) in [5.41, 5.74) is 3.86. The highest BCUT2D eigenvalue weighted by Gasteiger charge is 2.12. The van der Waals surface area contributed by atoms with Crippen LogP contribution in [0.25, 0.3) is 16.9 Å². The number of methoxy groups -OCH3 is 2. The Balaban J connectivity index is 2.21. The molecule has 0 radical (unpaired) electrons. The molecule has 0 amide bonds. The maximum absolute atomic E-state index is 5.42. The second-order valence-electron chi connectivity index (χ2n) is 4.59. The number of hydrogen-bond acceptors (Lipinski definition) is 3. The molecule has 0 saturated carbocycles. The van der Waals surface area contributed by atoms with Gasteiger partial charge in [0.25, 0.3) is 0 Å². The summed E-state index contributed by atoms with van der Waals surface area (Å²) in [7, 11) is 3.31. The number of aromatic nitrogens is 2. The summed E-state index contributed by atoms with van der Waals surface area (Å²) < 4.78 is 12.8. The lowest BCUT2D eigenvalue weighted by atomic mass is 10.1. The summed E-state index contributed by atoms with van der Waals surface area (Å²) in [6.07, 6.45) is 2.02. The van der Waals surface area contributed by atoms with E-state index in [1.54, 1.807) is 14.2 Å². The van der Waals surface area contributed by atoms with E-state index in [9.17, 15) is 0 Å². The molecule has 0 saturated heterocycles. The fourth-order valence-electron chi connectivity index (χ4n) is 2.29. The van der Waals surface area contributed by atoms with Gasteiger partial charge in [0.15, 0.2) is 0 Å². The van der Waals surface area contributed by atoms with Gasteiger partial charge in [-0.3, -0.25) is 0 Å². The van der Waals surface area contributed by atoms with E-state index in [0.29, 0.717) is 0 Å². The minimum absolute atomic E-state index is 0.784. The average molecular weight is 268 g/mol.